The molecule has 1 fully saturated rings. The second-order valence-corrected chi connectivity index (χ2v) is 10.1. The number of aliphatic carboxylic acids is 3. The van der Waals surface area contributed by atoms with Crippen molar-refractivity contribution in [2.24, 2.45) is 5.92 Å². The predicted molar refractivity (Wildman–Crippen MR) is 134 cm³/mol. The summed E-state index contributed by atoms with van der Waals surface area (Å²) >= 11 is 3.60. The fraction of sp³-hybridized carbons (Fsp3) is 0.458. The summed E-state index contributed by atoms with van der Waals surface area (Å²) in [5.74, 6) is -4.38. The van der Waals surface area contributed by atoms with Crippen LogP contribution in [-0.2, 0) is 14.4 Å². The first-order valence-electron chi connectivity index (χ1n) is 11.1. The molecule has 5 N–H and O–H groups in total. The zero-order valence-corrected chi connectivity index (χ0v) is 21.2. The van der Waals surface area contributed by atoms with E-state index >= 15 is 0 Å². The Morgan fingerprint density at radius 3 is 1.91 bits per heavy atom. The number of thiophene rings is 2. The normalized spacial score (nSPS) is 17.5. The first kappa shape index (κ1) is 28.7. The maximum absolute atomic E-state index is 11.2. The predicted octanol–water partition coefficient (Wildman–Crippen LogP) is 2.92. The fourth-order valence-electron chi connectivity index (χ4n) is 3.71. The second kappa shape index (κ2) is 13.5. The minimum Gasteiger partial charge on any atom is -0.481 e. The summed E-state index contributed by atoms with van der Waals surface area (Å²) in [5.41, 5.74) is 3.99. The van der Waals surface area contributed by atoms with Crippen LogP contribution in [0.3, 0.4) is 0 Å². The molecule has 11 heteroatoms. The molecular weight excluding hydrogens is 494 g/mol. The number of nitrogens with zero attached hydrogens (tertiary/aromatic N) is 1. The van der Waals surface area contributed by atoms with Gasteiger partial charge in [0, 0.05) is 28.4 Å². The van der Waals surface area contributed by atoms with Crippen molar-refractivity contribution in [3.63, 3.8) is 0 Å². The zero-order valence-electron chi connectivity index (χ0n) is 19.6. The molecule has 192 valence electrons. The van der Waals surface area contributed by atoms with Gasteiger partial charge in [0.1, 0.15) is 0 Å². The Hall–Kier alpha value is -2.57. The lowest BCUT2D eigenvalue weighted by Crippen LogP contribution is -2.39. The quantitative estimate of drug-likeness (QED) is 0.332. The topological polar surface area (TPSA) is 156 Å². The van der Waals surface area contributed by atoms with E-state index in [-0.39, 0.29) is 5.92 Å². The molecule has 3 atom stereocenters. The smallest absolute Gasteiger partial charge is 0.335 e. The molecule has 0 saturated carbocycles. The maximum Gasteiger partial charge on any atom is 0.335 e. The lowest BCUT2D eigenvalue weighted by Gasteiger charge is -2.30. The number of carboxylic acids is 3. The number of likely N-dealkylation sites (tertiary alicyclic amines) is 1. The summed E-state index contributed by atoms with van der Waals surface area (Å²) < 4.78 is 0. The minimum atomic E-state index is -2.27. The molecule has 0 spiro atoms. The Labute approximate surface area is 211 Å². The molecule has 3 heterocycles. The second-order valence-electron chi connectivity index (χ2n) is 8.32. The Bertz CT molecular complexity index is 984. The van der Waals surface area contributed by atoms with Crippen LogP contribution in [0.2, 0.25) is 0 Å². The molecule has 0 radical (unpaired) electrons. The standard InChI is InChI=1S/C20H25NO2S2.C4H6O6/c1-14-7-11-24-18(14)17(19-15(2)8-12-25-19)6-4-10-21-9-3-5-16(13-21)20(22)23;5-1(3(7)8)2(6)4(9)10/h6-8,11-12,16H,3-5,9-10,13H2,1-2H3,(H,22,23);1-2,5-6H,(H,7,8)(H,9,10)/t16-;/m1./s1. The molecule has 2 unspecified atom stereocenters. The van der Waals surface area contributed by atoms with E-state index in [0.717, 1.165) is 32.4 Å². The van der Waals surface area contributed by atoms with Crippen molar-refractivity contribution in [2.45, 2.75) is 45.3 Å². The molecule has 0 aliphatic carbocycles. The van der Waals surface area contributed by atoms with E-state index in [0.29, 0.717) is 6.54 Å². The summed E-state index contributed by atoms with van der Waals surface area (Å²) in [6.07, 6.45) is 0.574. The van der Waals surface area contributed by atoms with E-state index in [1.807, 2.05) is 0 Å². The molecule has 9 nitrogen and oxygen atoms in total. The van der Waals surface area contributed by atoms with Crippen molar-refractivity contribution < 1.29 is 39.9 Å². The molecule has 2 aromatic rings. The van der Waals surface area contributed by atoms with Crippen molar-refractivity contribution in [1.82, 2.24) is 4.90 Å². The van der Waals surface area contributed by atoms with Crippen LogP contribution in [-0.4, -0.2) is 80.2 Å². The Morgan fingerprint density at radius 1 is 1.00 bits per heavy atom. The van der Waals surface area contributed by atoms with Gasteiger partial charge in [-0.15, -0.1) is 22.7 Å². The van der Waals surface area contributed by atoms with Gasteiger partial charge in [-0.05, 0) is 73.7 Å². The van der Waals surface area contributed by atoms with Gasteiger partial charge in [0.25, 0.3) is 0 Å². The van der Waals surface area contributed by atoms with E-state index < -0.39 is 30.1 Å². The van der Waals surface area contributed by atoms with E-state index in [1.165, 1.54) is 26.5 Å². The molecule has 0 bridgehead atoms. The Kier molecular flexibility index (Phi) is 11.1. The molecule has 0 aromatic carbocycles. The number of hydrogen-bond donors (Lipinski definition) is 5. The van der Waals surface area contributed by atoms with Gasteiger partial charge in [0.2, 0.25) is 0 Å². The molecule has 35 heavy (non-hydrogen) atoms. The van der Waals surface area contributed by atoms with E-state index in [9.17, 15) is 19.5 Å². The third kappa shape index (κ3) is 8.25. The van der Waals surface area contributed by atoms with Crippen molar-refractivity contribution in [1.29, 1.82) is 0 Å². The number of aliphatic hydroxyl groups excluding tert-OH is 2. The Balaban J connectivity index is 0.000000367. The third-order valence-electron chi connectivity index (χ3n) is 5.67. The summed E-state index contributed by atoms with van der Waals surface area (Å²) in [7, 11) is 0. The maximum atomic E-state index is 11.2. The number of aryl methyl sites for hydroxylation is 2. The van der Waals surface area contributed by atoms with Crippen LogP contribution in [0.15, 0.2) is 29.0 Å². The first-order valence-corrected chi connectivity index (χ1v) is 12.8. The highest BCUT2D eigenvalue weighted by Gasteiger charge is 2.29. The number of aliphatic hydroxyl groups is 2. The molecule has 0 amide bonds. The molecule has 1 saturated heterocycles. The first-order chi connectivity index (χ1) is 16.5. The van der Waals surface area contributed by atoms with E-state index in [4.69, 9.17) is 20.4 Å². The van der Waals surface area contributed by atoms with Gasteiger partial charge in [0.15, 0.2) is 12.2 Å². The summed E-state index contributed by atoms with van der Waals surface area (Å²) in [6, 6.07) is 4.36. The third-order valence-corrected chi connectivity index (χ3v) is 7.77. The summed E-state index contributed by atoms with van der Waals surface area (Å²) in [6.45, 7) is 6.98. The van der Waals surface area contributed by atoms with Gasteiger partial charge in [0.05, 0.1) is 5.92 Å². The summed E-state index contributed by atoms with van der Waals surface area (Å²) in [4.78, 5) is 35.8. The van der Waals surface area contributed by atoms with Gasteiger partial charge in [-0.1, -0.05) is 6.08 Å². The van der Waals surface area contributed by atoms with Gasteiger partial charge in [-0.2, -0.15) is 0 Å². The monoisotopic (exact) mass is 525 g/mol. The highest BCUT2D eigenvalue weighted by atomic mass is 32.1. The fourth-order valence-corrected chi connectivity index (χ4v) is 5.72. The number of carbonyl (C=O) groups is 3. The van der Waals surface area contributed by atoms with Gasteiger partial charge in [-0.3, -0.25) is 4.79 Å². The molecule has 3 rings (SSSR count). The zero-order chi connectivity index (χ0) is 26.1. The number of rotatable bonds is 9. The molecule has 1 aliphatic rings. The average molecular weight is 526 g/mol. The number of hydrogen-bond acceptors (Lipinski definition) is 8. The van der Waals surface area contributed by atoms with Crippen molar-refractivity contribution in [3.8, 4) is 0 Å². The van der Waals surface area contributed by atoms with Crippen LogP contribution in [0, 0.1) is 19.8 Å². The van der Waals surface area contributed by atoms with Crippen LogP contribution in [0.25, 0.3) is 5.57 Å². The van der Waals surface area contributed by atoms with Gasteiger partial charge < -0.3 is 30.4 Å². The van der Waals surface area contributed by atoms with Gasteiger partial charge >= 0.3 is 17.9 Å². The van der Waals surface area contributed by atoms with E-state index in [1.54, 1.807) is 22.7 Å². The van der Waals surface area contributed by atoms with Crippen molar-refractivity contribution >= 4 is 46.2 Å². The minimum absolute atomic E-state index is 0.198. The van der Waals surface area contributed by atoms with Crippen molar-refractivity contribution in [2.75, 3.05) is 19.6 Å². The highest BCUT2D eigenvalue weighted by Crippen LogP contribution is 2.35. The average Bonchev–Trinajstić information content (AvgIpc) is 3.44. The largest absolute Gasteiger partial charge is 0.481 e. The SMILES string of the molecule is Cc1ccsc1C(=CCCN1CCC[C@@H](C(=O)O)C1)c1sccc1C.O=C(O)C(O)C(O)C(=O)O. The lowest BCUT2D eigenvalue weighted by molar-refractivity contribution is -0.165. The van der Waals surface area contributed by atoms with Crippen LogP contribution in [0.5, 0.6) is 0 Å². The Morgan fingerprint density at radius 2 is 1.51 bits per heavy atom. The number of carboxylic acid groups (broad SMARTS) is 3. The van der Waals surface area contributed by atoms with Crippen LogP contribution >= 0.6 is 22.7 Å². The van der Waals surface area contributed by atoms with Crippen molar-refractivity contribution in [3.05, 3.63) is 49.9 Å². The van der Waals surface area contributed by atoms with Crippen LogP contribution in [0.1, 0.15) is 40.1 Å². The van der Waals surface area contributed by atoms with Crippen LogP contribution < -0.4 is 0 Å². The van der Waals surface area contributed by atoms with Crippen LogP contribution in [0.4, 0.5) is 0 Å². The molecule has 2 aromatic heterocycles. The number of piperidine rings is 1. The van der Waals surface area contributed by atoms with E-state index in [2.05, 4.69) is 47.7 Å². The molecule has 1 aliphatic heterocycles. The lowest BCUT2D eigenvalue weighted by atomic mass is 9.98. The molecular formula is C24H31NO8S2. The van der Waals surface area contributed by atoms with Gasteiger partial charge in [-0.25, -0.2) is 9.59 Å². The summed E-state index contributed by atoms with van der Waals surface area (Å²) in [5, 5.41) is 46.1. The highest BCUT2D eigenvalue weighted by molar-refractivity contribution is 7.14.